The monoisotopic (exact) mass is 242 g/mol. The summed E-state index contributed by atoms with van der Waals surface area (Å²) in [6.45, 7) is 4.47. The fraction of sp³-hybridized carbons (Fsp3) is 0.846. The number of hydrogen-bond donors (Lipinski definition) is 1. The van der Waals surface area contributed by atoms with Gasteiger partial charge in [0.2, 0.25) is 0 Å². The number of hydrogen-bond acceptors (Lipinski definition) is 2. The molecule has 0 radical (unpaired) electrons. The number of rotatable bonds is 5. The van der Waals surface area contributed by atoms with Gasteiger partial charge >= 0.3 is 0 Å². The van der Waals surface area contributed by atoms with Crippen LogP contribution in [-0.2, 0) is 0 Å². The average Bonchev–Trinajstić information content (AvgIpc) is 2.63. The molecule has 2 nitrogen and oxygen atoms in total. The van der Waals surface area contributed by atoms with Crippen LogP contribution in [-0.4, -0.2) is 36.1 Å². The summed E-state index contributed by atoms with van der Waals surface area (Å²) in [7, 11) is 0. The van der Waals surface area contributed by atoms with Gasteiger partial charge in [-0.2, -0.15) is 0 Å². The Bertz CT molecular complexity index is 230. The minimum atomic E-state index is 0.770. The molecule has 1 N–H and O–H groups in total. The van der Waals surface area contributed by atoms with Crippen LogP contribution < -0.4 is 5.32 Å². The maximum atomic E-state index is 5.63. The van der Waals surface area contributed by atoms with Crippen molar-refractivity contribution in [2.45, 2.75) is 57.2 Å². The Kier molecular flexibility index (Phi) is 4.68. The van der Waals surface area contributed by atoms with Crippen LogP contribution in [0.3, 0.4) is 0 Å². The summed E-state index contributed by atoms with van der Waals surface area (Å²) in [5, 5.41) is 3.70. The van der Waals surface area contributed by atoms with Crippen LogP contribution in [0.1, 0.15) is 39.0 Å². The molecule has 0 aliphatic carbocycles. The van der Waals surface area contributed by atoms with Gasteiger partial charge < -0.3 is 5.32 Å². The van der Waals surface area contributed by atoms with Crippen LogP contribution in [0.4, 0.5) is 0 Å². The van der Waals surface area contributed by atoms with Gasteiger partial charge in [-0.25, -0.2) is 0 Å². The summed E-state index contributed by atoms with van der Waals surface area (Å²) in [5.74, 6) is 0. The van der Waals surface area contributed by atoms with Crippen molar-refractivity contribution in [3.05, 3.63) is 11.6 Å². The van der Waals surface area contributed by atoms with Crippen molar-refractivity contribution in [3.63, 3.8) is 0 Å². The summed E-state index contributed by atoms with van der Waals surface area (Å²) in [6, 6.07) is 2.33. The third-order valence-electron chi connectivity index (χ3n) is 3.90. The van der Waals surface area contributed by atoms with E-state index in [-0.39, 0.29) is 0 Å². The number of fused-ring (bicyclic) bond motifs is 2. The van der Waals surface area contributed by atoms with Crippen LogP contribution in [0, 0.1) is 0 Å². The van der Waals surface area contributed by atoms with Crippen molar-refractivity contribution in [1.82, 2.24) is 10.2 Å². The highest BCUT2D eigenvalue weighted by atomic mass is 35.5. The Morgan fingerprint density at radius 3 is 2.56 bits per heavy atom. The highest BCUT2D eigenvalue weighted by Gasteiger charge is 2.35. The fourth-order valence-electron chi connectivity index (χ4n) is 3.21. The van der Waals surface area contributed by atoms with E-state index in [1.54, 1.807) is 5.54 Å². The second-order valence-electron chi connectivity index (χ2n) is 5.12. The lowest BCUT2D eigenvalue weighted by atomic mass is 9.98. The van der Waals surface area contributed by atoms with Gasteiger partial charge in [-0.1, -0.05) is 24.6 Å². The average molecular weight is 243 g/mol. The van der Waals surface area contributed by atoms with Crippen LogP contribution >= 0.6 is 11.6 Å². The Labute approximate surface area is 104 Å². The summed E-state index contributed by atoms with van der Waals surface area (Å²) >= 11 is 5.63. The molecule has 2 saturated heterocycles. The first-order valence-corrected chi connectivity index (χ1v) is 7.02. The predicted molar refractivity (Wildman–Crippen MR) is 69.8 cm³/mol. The van der Waals surface area contributed by atoms with Gasteiger partial charge in [-0.3, -0.25) is 4.90 Å². The zero-order valence-electron chi connectivity index (χ0n) is 10.2. The lowest BCUT2D eigenvalue weighted by molar-refractivity contribution is 0.155. The van der Waals surface area contributed by atoms with Gasteiger partial charge in [0.05, 0.1) is 0 Å². The molecule has 2 fully saturated rings. The first-order chi connectivity index (χ1) is 7.83. The summed E-state index contributed by atoms with van der Waals surface area (Å²) in [5.41, 5.74) is 1.65. The molecule has 0 aromatic carbocycles. The van der Waals surface area contributed by atoms with E-state index < -0.39 is 0 Å². The van der Waals surface area contributed by atoms with E-state index in [4.69, 9.17) is 11.6 Å². The van der Waals surface area contributed by atoms with E-state index >= 15 is 0 Å². The van der Waals surface area contributed by atoms with Crippen LogP contribution in [0.5, 0.6) is 0 Å². The first kappa shape index (κ1) is 12.4. The Morgan fingerprint density at radius 1 is 1.31 bits per heavy atom. The number of nitrogens with zero attached hydrogens (tertiary/aromatic N) is 1. The number of nitrogens with one attached hydrogen (secondary N) is 1. The molecule has 0 amide bonds. The molecule has 0 aromatic rings. The van der Waals surface area contributed by atoms with Crippen LogP contribution in [0.15, 0.2) is 11.6 Å². The van der Waals surface area contributed by atoms with Gasteiger partial charge in [0.15, 0.2) is 0 Å². The largest absolute Gasteiger partial charge is 0.311 e. The molecule has 0 aromatic heterocycles. The minimum absolute atomic E-state index is 0.770. The molecule has 2 rings (SSSR count). The normalized spacial score (nSPS) is 34.1. The highest BCUT2D eigenvalue weighted by molar-refractivity contribution is 6.25. The summed E-state index contributed by atoms with van der Waals surface area (Å²) < 4.78 is 0. The minimum Gasteiger partial charge on any atom is -0.311 e. The zero-order valence-corrected chi connectivity index (χ0v) is 10.9. The van der Waals surface area contributed by atoms with Gasteiger partial charge in [-0.15, -0.1) is 0 Å². The molecule has 2 heterocycles. The molecule has 2 bridgehead atoms. The molecule has 3 heteroatoms. The van der Waals surface area contributed by atoms with Crippen molar-refractivity contribution >= 4 is 11.6 Å². The lowest BCUT2D eigenvalue weighted by Crippen LogP contribution is -2.48. The Hall–Kier alpha value is -0.0500. The van der Waals surface area contributed by atoms with Crippen LogP contribution in [0.25, 0.3) is 0 Å². The quantitative estimate of drug-likeness (QED) is 0.798. The third-order valence-corrected chi connectivity index (χ3v) is 4.08. The molecule has 0 saturated carbocycles. The van der Waals surface area contributed by atoms with E-state index in [1.165, 1.54) is 38.6 Å². The molecule has 0 spiro atoms. The molecule has 2 aliphatic rings. The molecular formula is C13H23ClN2. The smallest absolute Gasteiger partial charge is 0.0177 e. The van der Waals surface area contributed by atoms with E-state index in [1.807, 2.05) is 0 Å². The first-order valence-electron chi connectivity index (χ1n) is 6.58. The lowest BCUT2D eigenvalue weighted by Gasteiger charge is -2.37. The fourth-order valence-corrected chi connectivity index (χ4v) is 3.29. The van der Waals surface area contributed by atoms with Gasteiger partial charge in [0.25, 0.3) is 0 Å². The van der Waals surface area contributed by atoms with Crippen molar-refractivity contribution in [2.24, 2.45) is 0 Å². The Balaban J connectivity index is 1.91. The molecule has 92 valence electrons. The van der Waals surface area contributed by atoms with Crippen molar-refractivity contribution in [1.29, 1.82) is 0 Å². The van der Waals surface area contributed by atoms with E-state index in [0.717, 1.165) is 24.7 Å². The maximum Gasteiger partial charge on any atom is 0.0177 e. The van der Waals surface area contributed by atoms with E-state index in [2.05, 4.69) is 23.2 Å². The second kappa shape index (κ2) is 6.04. The number of piperidine rings is 1. The number of halogens is 1. The van der Waals surface area contributed by atoms with E-state index in [9.17, 15) is 0 Å². The maximum absolute atomic E-state index is 5.63. The third kappa shape index (κ3) is 2.99. The van der Waals surface area contributed by atoms with Gasteiger partial charge in [0, 0.05) is 30.2 Å². The highest BCUT2D eigenvalue weighted by Crippen LogP contribution is 2.29. The second-order valence-corrected chi connectivity index (χ2v) is 5.37. The van der Waals surface area contributed by atoms with Crippen LogP contribution in [0.2, 0.25) is 0 Å². The SMILES string of the molecule is CCCN(CC=CCl)C1CC2CCC(C1)N2. The zero-order chi connectivity index (χ0) is 11.4. The van der Waals surface area contributed by atoms with Gasteiger partial charge in [0.1, 0.15) is 0 Å². The standard InChI is InChI=1S/C13H23ClN2/c1-2-7-16(8-3-6-14)13-9-11-4-5-12(10-13)15-11/h3,6,11-13,15H,2,4-5,7-10H2,1H3. The molecule has 2 aliphatic heterocycles. The van der Waals surface area contributed by atoms with Gasteiger partial charge in [-0.05, 0) is 38.6 Å². The molecule has 2 atom stereocenters. The molecular weight excluding hydrogens is 220 g/mol. The summed E-state index contributed by atoms with van der Waals surface area (Å²) in [4.78, 5) is 2.60. The topological polar surface area (TPSA) is 15.3 Å². The predicted octanol–water partition coefficient (Wildman–Crippen LogP) is 2.73. The van der Waals surface area contributed by atoms with E-state index in [0.29, 0.717) is 0 Å². The molecule has 16 heavy (non-hydrogen) atoms. The molecule has 2 unspecified atom stereocenters. The van der Waals surface area contributed by atoms with Crippen molar-refractivity contribution in [2.75, 3.05) is 13.1 Å². The van der Waals surface area contributed by atoms with Crippen molar-refractivity contribution in [3.8, 4) is 0 Å². The van der Waals surface area contributed by atoms with Crippen molar-refractivity contribution < 1.29 is 0 Å². The summed E-state index contributed by atoms with van der Waals surface area (Å²) in [6.07, 6.45) is 8.72. The Morgan fingerprint density at radius 2 is 2.00 bits per heavy atom.